The van der Waals surface area contributed by atoms with E-state index in [-0.39, 0.29) is 18.0 Å². The minimum absolute atomic E-state index is 0.203. The number of esters is 1. The number of pyridine rings is 1. The molecule has 8 nitrogen and oxygen atoms in total. The molecule has 0 saturated carbocycles. The number of carbonyl (C=O) groups is 1. The number of methoxy groups -OCH3 is 1. The van der Waals surface area contributed by atoms with Crippen molar-refractivity contribution in [2.75, 3.05) is 51.5 Å². The monoisotopic (exact) mass is 569 g/mol. The summed E-state index contributed by atoms with van der Waals surface area (Å²) in [7, 11) is 1.44. The van der Waals surface area contributed by atoms with E-state index in [2.05, 4.69) is 77.9 Å². The Kier molecular flexibility index (Phi) is 7.92. The number of fused-ring (bicyclic) bond motifs is 8. The van der Waals surface area contributed by atoms with Gasteiger partial charge in [-0.05, 0) is 68.5 Å². The van der Waals surface area contributed by atoms with E-state index in [0.717, 1.165) is 82.2 Å². The van der Waals surface area contributed by atoms with Gasteiger partial charge in [-0.1, -0.05) is 30.3 Å². The fourth-order valence-electron chi connectivity index (χ4n) is 6.01. The van der Waals surface area contributed by atoms with E-state index in [4.69, 9.17) is 23.9 Å². The lowest BCUT2D eigenvalue weighted by atomic mass is 9.92. The highest BCUT2D eigenvalue weighted by molar-refractivity contribution is 5.79. The van der Waals surface area contributed by atoms with Gasteiger partial charge >= 0.3 is 5.97 Å². The maximum Gasteiger partial charge on any atom is 0.310 e. The molecule has 8 heteroatoms. The van der Waals surface area contributed by atoms with Crippen LogP contribution in [-0.2, 0) is 25.4 Å². The first-order valence-corrected chi connectivity index (χ1v) is 14.7. The third-order valence-corrected chi connectivity index (χ3v) is 8.49. The molecule has 0 unspecified atom stereocenters. The van der Waals surface area contributed by atoms with E-state index >= 15 is 0 Å². The second kappa shape index (κ2) is 11.8. The molecule has 6 bridgehead atoms. The summed E-state index contributed by atoms with van der Waals surface area (Å²) >= 11 is 0. The molecule has 0 aliphatic carbocycles. The molecule has 3 aliphatic rings. The smallest absolute Gasteiger partial charge is 0.310 e. The van der Waals surface area contributed by atoms with E-state index in [1.54, 1.807) is 0 Å². The number of hydrogen-bond acceptors (Lipinski definition) is 7. The number of carbonyl (C=O) groups excluding carboxylic acids is 1. The van der Waals surface area contributed by atoms with E-state index in [1.165, 1.54) is 7.11 Å². The van der Waals surface area contributed by atoms with Crippen LogP contribution in [0.1, 0.15) is 36.5 Å². The van der Waals surface area contributed by atoms with Crippen molar-refractivity contribution in [3.05, 3.63) is 71.4 Å². The summed E-state index contributed by atoms with van der Waals surface area (Å²) in [5.41, 5.74) is 7.71. The van der Waals surface area contributed by atoms with Crippen LogP contribution in [0.5, 0.6) is 5.75 Å². The third-order valence-electron chi connectivity index (χ3n) is 8.49. The van der Waals surface area contributed by atoms with Gasteiger partial charge in [0, 0.05) is 36.0 Å². The Bertz CT molecular complexity index is 1600. The zero-order valence-electron chi connectivity index (χ0n) is 24.9. The molecule has 0 atom stereocenters. The molecule has 42 heavy (non-hydrogen) atoms. The number of nitrogens with zero attached hydrogens (tertiary/aromatic N) is 3. The van der Waals surface area contributed by atoms with Crippen molar-refractivity contribution >= 4 is 17.4 Å². The van der Waals surface area contributed by atoms with Crippen molar-refractivity contribution in [1.29, 1.82) is 0 Å². The van der Waals surface area contributed by atoms with Gasteiger partial charge in [0.2, 0.25) is 0 Å². The molecule has 0 spiro atoms. The first-order valence-electron chi connectivity index (χ1n) is 14.7. The van der Waals surface area contributed by atoms with E-state index < -0.39 is 0 Å². The Morgan fingerprint density at radius 1 is 1.00 bits per heavy atom. The summed E-state index contributed by atoms with van der Waals surface area (Å²) in [6, 6.07) is 16.8. The Hall–Kier alpha value is -3.88. The van der Waals surface area contributed by atoms with Gasteiger partial charge in [-0.2, -0.15) is 0 Å². The van der Waals surface area contributed by atoms with Gasteiger partial charge in [-0.3, -0.25) is 9.20 Å². The first kappa shape index (κ1) is 28.2. The van der Waals surface area contributed by atoms with Crippen LogP contribution in [0.2, 0.25) is 0 Å². The summed E-state index contributed by atoms with van der Waals surface area (Å²) < 4.78 is 25.7. The average molecular weight is 570 g/mol. The number of benzene rings is 2. The van der Waals surface area contributed by atoms with Crippen LogP contribution >= 0.6 is 0 Å². The number of hydrogen-bond donors (Lipinski definition) is 0. The van der Waals surface area contributed by atoms with Gasteiger partial charge in [0.15, 0.2) is 0 Å². The molecule has 2 aromatic carbocycles. The Labute approximate surface area is 247 Å². The summed E-state index contributed by atoms with van der Waals surface area (Å²) in [4.78, 5) is 20.0. The molecule has 7 rings (SSSR count). The average Bonchev–Trinajstić information content (AvgIpc) is 3.41. The van der Waals surface area contributed by atoms with Crippen molar-refractivity contribution in [3.8, 4) is 28.1 Å². The topological polar surface area (TPSA) is 74.5 Å². The highest BCUT2D eigenvalue weighted by Crippen LogP contribution is 2.36. The first-order chi connectivity index (χ1) is 20.3. The van der Waals surface area contributed by atoms with Gasteiger partial charge < -0.3 is 23.8 Å². The number of anilines is 1. The summed E-state index contributed by atoms with van der Waals surface area (Å²) in [5, 5.41) is 0. The number of piperidine rings is 1. The second-order valence-corrected chi connectivity index (χ2v) is 11.6. The van der Waals surface area contributed by atoms with Crippen molar-refractivity contribution in [2.45, 2.75) is 45.6 Å². The highest BCUT2D eigenvalue weighted by atomic mass is 16.6. The molecule has 220 valence electrons. The molecule has 5 heterocycles. The minimum Gasteiger partial charge on any atom is -0.491 e. The quantitative estimate of drug-likeness (QED) is 0.224. The third kappa shape index (κ3) is 5.74. The normalized spacial score (nSPS) is 17.1. The zero-order valence-corrected chi connectivity index (χ0v) is 24.9. The fourth-order valence-corrected chi connectivity index (χ4v) is 6.01. The lowest BCUT2D eigenvalue weighted by molar-refractivity contribution is -0.139. The molecule has 3 aliphatic heterocycles. The van der Waals surface area contributed by atoms with Crippen molar-refractivity contribution in [1.82, 2.24) is 9.38 Å². The van der Waals surface area contributed by atoms with Gasteiger partial charge in [0.1, 0.15) is 23.8 Å². The van der Waals surface area contributed by atoms with Gasteiger partial charge in [-0.25, -0.2) is 4.98 Å². The van der Waals surface area contributed by atoms with E-state index in [0.29, 0.717) is 26.4 Å². The molecule has 2 aromatic heterocycles. The number of ether oxygens (including phenoxy) is 4. The Balaban J connectivity index is 1.48. The highest BCUT2D eigenvalue weighted by Gasteiger charge is 2.33. The number of aryl methyl sites for hydroxylation is 2. The van der Waals surface area contributed by atoms with Crippen molar-refractivity contribution in [3.63, 3.8) is 0 Å². The van der Waals surface area contributed by atoms with Crippen LogP contribution in [0.25, 0.3) is 28.0 Å². The van der Waals surface area contributed by atoms with E-state index in [9.17, 15) is 4.79 Å². The predicted octanol–water partition coefficient (Wildman–Crippen LogP) is 5.79. The maximum absolute atomic E-state index is 12.5. The standard InChI is InChI=1S/C34H39N3O5/c1-23-8-9-27-25-6-5-7-26(20-25)29-22-37-31(35-29)19-24(2)28(21-32(38)39-4)33(37)36-12-10-34(3,11-13-36)42-17-15-40-14-16-41-30(27)18-23/h5-9,18-20,22H,10-17,21H2,1-4H3. The zero-order chi connectivity index (χ0) is 29.3. The van der Waals surface area contributed by atoms with Crippen molar-refractivity contribution in [2.24, 2.45) is 0 Å². The largest absolute Gasteiger partial charge is 0.491 e. The molecule has 1 saturated heterocycles. The molecular formula is C34H39N3O5. The van der Waals surface area contributed by atoms with Crippen LogP contribution in [-0.4, -0.2) is 67.6 Å². The molecule has 0 radical (unpaired) electrons. The molecule has 1 fully saturated rings. The summed E-state index contributed by atoms with van der Waals surface area (Å²) in [5.74, 6) is 1.58. The lowest BCUT2D eigenvalue weighted by Gasteiger charge is -2.41. The predicted molar refractivity (Wildman–Crippen MR) is 163 cm³/mol. The number of aromatic nitrogens is 2. The van der Waals surface area contributed by atoms with Crippen LogP contribution in [0.4, 0.5) is 5.82 Å². The second-order valence-electron chi connectivity index (χ2n) is 11.6. The lowest BCUT2D eigenvalue weighted by Crippen LogP contribution is -2.45. The van der Waals surface area contributed by atoms with Crippen LogP contribution in [0.3, 0.4) is 0 Å². The molecule has 0 amide bonds. The van der Waals surface area contributed by atoms with Crippen molar-refractivity contribution < 1.29 is 23.7 Å². The Morgan fingerprint density at radius 3 is 2.60 bits per heavy atom. The van der Waals surface area contributed by atoms with Crippen LogP contribution in [0.15, 0.2) is 54.7 Å². The fraction of sp³-hybridized carbons (Fsp3) is 0.412. The van der Waals surface area contributed by atoms with E-state index in [1.807, 2.05) is 6.92 Å². The Morgan fingerprint density at radius 2 is 1.79 bits per heavy atom. The molecule has 0 N–H and O–H groups in total. The molecule has 4 aromatic rings. The van der Waals surface area contributed by atoms with Gasteiger partial charge in [-0.15, -0.1) is 0 Å². The van der Waals surface area contributed by atoms with Crippen LogP contribution in [0, 0.1) is 13.8 Å². The summed E-state index contributed by atoms with van der Waals surface area (Å²) in [6.45, 7) is 9.91. The van der Waals surface area contributed by atoms with Crippen LogP contribution < -0.4 is 9.64 Å². The van der Waals surface area contributed by atoms with Gasteiger partial charge in [0.05, 0.1) is 44.6 Å². The molecular weight excluding hydrogens is 530 g/mol. The minimum atomic E-state index is -0.255. The number of imidazole rings is 1. The summed E-state index contributed by atoms with van der Waals surface area (Å²) in [6.07, 6.45) is 4.02. The van der Waals surface area contributed by atoms with Gasteiger partial charge in [0.25, 0.3) is 0 Å². The SMILES string of the molecule is COC(=O)Cc1c(C)cc2nc3cn2c1N1CCC(C)(CC1)OCCOCCOc1cc(C)ccc1-c1cccc-3c1. The number of rotatable bonds is 2. The maximum atomic E-state index is 12.5.